The first kappa shape index (κ1) is 19.8. The Balaban J connectivity index is 1.86. The largest absolute Gasteiger partial charge is 0.469 e. The molecule has 26 heavy (non-hydrogen) atoms. The minimum Gasteiger partial charge on any atom is -0.469 e. The Morgan fingerprint density at radius 2 is 2.00 bits per heavy atom. The fourth-order valence-electron chi connectivity index (χ4n) is 2.43. The maximum Gasteiger partial charge on any atom is 0.305 e. The lowest BCUT2D eigenvalue weighted by Crippen LogP contribution is -2.14. The Hall–Kier alpha value is -2.49. The summed E-state index contributed by atoms with van der Waals surface area (Å²) in [4.78, 5) is 12.4. The first-order valence-electron chi connectivity index (χ1n) is 8.33. The van der Waals surface area contributed by atoms with Gasteiger partial charge in [0, 0.05) is 6.42 Å². The van der Waals surface area contributed by atoms with Gasteiger partial charge >= 0.3 is 5.97 Å². The summed E-state index contributed by atoms with van der Waals surface area (Å²) in [5.74, 6) is -0.253. The molecule has 1 heterocycles. The van der Waals surface area contributed by atoms with E-state index in [0.717, 1.165) is 37.7 Å². The second kappa shape index (κ2) is 9.27. The van der Waals surface area contributed by atoms with Crippen LogP contribution >= 0.6 is 0 Å². The van der Waals surface area contributed by atoms with Gasteiger partial charge in [0.15, 0.2) is 0 Å². The number of aryl methyl sites for hydroxylation is 2. The molecule has 0 radical (unpaired) electrons. The van der Waals surface area contributed by atoms with Crippen LogP contribution in [0.3, 0.4) is 0 Å². The lowest BCUT2D eigenvalue weighted by atomic mass is 10.1. The van der Waals surface area contributed by atoms with Crippen LogP contribution < -0.4 is 4.72 Å². The SMILES string of the molecule is COC(=O)CCCCCCc1cccc(S(=O)(=O)Nc2nnn(C)n2)c1. The van der Waals surface area contributed by atoms with Crippen molar-refractivity contribution in [2.45, 2.75) is 43.4 Å². The summed E-state index contributed by atoms with van der Waals surface area (Å²) in [5, 5.41) is 11.0. The third kappa shape index (κ3) is 6.10. The number of tetrazole rings is 1. The van der Waals surface area contributed by atoms with E-state index in [-0.39, 0.29) is 16.8 Å². The topological polar surface area (TPSA) is 116 Å². The zero-order valence-corrected chi connectivity index (χ0v) is 15.7. The number of hydrogen-bond acceptors (Lipinski definition) is 7. The van der Waals surface area contributed by atoms with Gasteiger partial charge in [-0.1, -0.05) is 30.1 Å². The van der Waals surface area contributed by atoms with E-state index in [0.29, 0.717) is 6.42 Å². The summed E-state index contributed by atoms with van der Waals surface area (Å²) in [6.07, 6.45) is 4.83. The number of ether oxygens (including phenoxy) is 1. The molecule has 2 aromatic rings. The van der Waals surface area contributed by atoms with Gasteiger partial charge in [0.05, 0.1) is 19.1 Å². The molecule has 1 N–H and O–H groups in total. The molecular weight excluding hydrogens is 358 g/mol. The summed E-state index contributed by atoms with van der Waals surface area (Å²) >= 11 is 0. The van der Waals surface area contributed by atoms with E-state index in [1.165, 1.54) is 18.0 Å². The highest BCUT2D eigenvalue weighted by atomic mass is 32.2. The van der Waals surface area contributed by atoms with E-state index in [9.17, 15) is 13.2 Å². The van der Waals surface area contributed by atoms with Gasteiger partial charge < -0.3 is 4.74 Å². The fraction of sp³-hybridized carbons (Fsp3) is 0.500. The van der Waals surface area contributed by atoms with Crippen molar-refractivity contribution >= 4 is 21.9 Å². The summed E-state index contributed by atoms with van der Waals surface area (Å²) in [7, 11) is -0.814. The van der Waals surface area contributed by atoms with Crippen LogP contribution in [0.15, 0.2) is 29.2 Å². The average molecular weight is 381 g/mol. The number of hydrogen-bond donors (Lipinski definition) is 1. The number of unbranched alkanes of at least 4 members (excludes halogenated alkanes) is 3. The zero-order valence-electron chi connectivity index (χ0n) is 14.9. The van der Waals surface area contributed by atoms with Crippen molar-refractivity contribution in [3.05, 3.63) is 29.8 Å². The van der Waals surface area contributed by atoms with E-state index in [2.05, 4.69) is 24.9 Å². The minimum absolute atomic E-state index is 0.0662. The molecule has 0 saturated heterocycles. The highest BCUT2D eigenvalue weighted by Gasteiger charge is 2.17. The Morgan fingerprint density at radius 1 is 1.23 bits per heavy atom. The van der Waals surface area contributed by atoms with E-state index in [1.54, 1.807) is 19.2 Å². The van der Waals surface area contributed by atoms with Crippen LogP contribution in [-0.4, -0.2) is 41.7 Å². The van der Waals surface area contributed by atoms with Crippen LogP contribution in [0.25, 0.3) is 0 Å². The van der Waals surface area contributed by atoms with Gasteiger partial charge in [-0.25, -0.2) is 13.1 Å². The molecular formula is C16H23N5O4S. The zero-order chi connectivity index (χ0) is 19.0. The number of benzene rings is 1. The van der Waals surface area contributed by atoms with Crippen LogP contribution in [0.4, 0.5) is 5.95 Å². The molecule has 10 heteroatoms. The van der Waals surface area contributed by atoms with Crippen molar-refractivity contribution in [2.75, 3.05) is 11.8 Å². The van der Waals surface area contributed by atoms with Gasteiger partial charge in [0.2, 0.25) is 0 Å². The lowest BCUT2D eigenvalue weighted by Gasteiger charge is -2.07. The molecule has 0 atom stereocenters. The van der Waals surface area contributed by atoms with Gasteiger partial charge in [-0.3, -0.25) is 4.79 Å². The Morgan fingerprint density at radius 3 is 2.69 bits per heavy atom. The number of carbonyl (C=O) groups excluding carboxylic acids is 1. The molecule has 0 fully saturated rings. The quantitative estimate of drug-likeness (QED) is 0.491. The molecule has 0 aliphatic heterocycles. The van der Waals surface area contributed by atoms with Gasteiger partial charge in [-0.2, -0.15) is 4.80 Å². The van der Waals surface area contributed by atoms with Crippen molar-refractivity contribution in [1.82, 2.24) is 20.2 Å². The Kier molecular flexibility index (Phi) is 7.07. The molecule has 0 bridgehead atoms. The molecule has 0 unspecified atom stereocenters. The molecule has 0 spiro atoms. The van der Waals surface area contributed by atoms with Crippen molar-refractivity contribution in [3.8, 4) is 0 Å². The first-order chi connectivity index (χ1) is 12.4. The maximum atomic E-state index is 12.4. The third-order valence-electron chi connectivity index (χ3n) is 3.77. The number of esters is 1. The van der Waals surface area contributed by atoms with Gasteiger partial charge in [-0.15, -0.1) is 5.10 Å². The average Bonchev–Trinajstić information content (AvgIpc) is 3.02. The molecule has 9 nitrogen and oxygen atoms in total. The van der Waals surface area contributed by atoms with Crippen LogP contribution in [0, 0.1) is 0 Å². The standard InChI is InChI=1S/C16H23N5O4S/c1-21-18-16(17-20-21)19-26(23,24)14-10-7-9-13(12-14)8-5-3-4-6-11-15(22)25-2/h7,9-10,12H,3-6,8,11H2,1-2H3,(H,18,19). The third-order valence-corrected chi connectivity index (χ3v) is 5.09. The van der Waals surface area contributed by atoms with Gasteiger partial charge in [-0.05, 0) is 42.2 Å². The van der Waals surface area contributed by atoms with Crippen molar-refractivity contribution in [2.24, 2.45) is 7.05 Å². The predicted octanol–water partition coefficient (Wildman–Crippen LogP) is 1.68. The summed E-state index contributed by atoms with van der Waals surface area (Å²) in [6.45, 7) is 0. The van der Waals surface area contributed by atoms with E-state index in [4.69, 9.17) is 0 Å². The highest BCUT2D eigenvalue weighted by molar-refractivity contribution is 7.92. The molecule has 2 rings (SSSR count). The van der Waals surface area contributed by atoms with Crippen LogP contribution in [-0.2, 0) is 33.0 Å². The summed E-state index contributed by atoms with van der Waals surface area (Å²) < 4.78 is 31.7. The molecule has 0 amide bonds. The smallest absolute Gasteiger partial charge is 0.305 e. The van der Waals surface area contributed by atoms with Crippen molar-refractivity contribution in [3.63, 3.8) is 0 Å². The number of nitrogens with one attached hydrogen (secondary N) is 1. The van der Waals surface area contributed by atoms with Crippen molar-refractivity contribution in [1.29, 1.82) is 0 Å². The van der Waals surface area contributed by atoms with E-state index in [1.807, 2.05) is 6.07 Å². The van der Waals surface area contributed by atoms with Crippen molar-refractivity contribution < 1.29 is 17.9 Å². The minimum atomic E-state index is -3.75. The number of nitrogens with zero attached hydrogens (tertiary/aromatic N) is 4. The molecule has 0 aliphatic rings. The van der Waals surface area contributed by atoms with Gasteiger partial charge in [0.25, 0.3) is 16.0 Å². The molecule has 0 saturated carbocycles. The Labute approximate surface area is 152 Å². The second-order valence-electron chi connectivity index (χ2n) is 5.85. The van der Waals surface area contributed by atoms with Crippen LogP contribution in [0.5, 0.6) is 0 Å². The normalized spacial score (nSPS) is 11.3. The second-order valence-corrected chi connectivity index (χ2v) is 7.53. The predicted molar refractivity (Wildman–Crippen MR) is 94.9 cm³/mol. The molecule has 1 aromatic heterocycles. The first-order valence-corrected chi connectivity index (χ1v) is 9.81. The number of sulfonamides is 1. The number of methoxy groups -OCH3 is 1. The summed E-state index contributed by atoms with van der Waals surface area (Å²) in [6, 6.07) is 6.78. The highest BCUT2D eigenvalue weighted by Crippen LogP contribution is 2.16. The number of carbonyl (C=O) groups is 1. The monoisotopic (exact) mass is 381 g/mol. The maximum absolute atomic E-state index is 12.4. The number of aromatic nitrogens is 4. The lowest BCUT2D eigenvalue weighted by molar-refractivity contribution is -0.140. The van der Waals surface area contributed by atoms with Crippen LogP contribution in [0.2, 0.25) is 0 Å². The molecule has 0 aliphatic carbocycles. The number of anilines is 1. The fourth-order valence-corrected chi connectivity index (χ4v) is 3.43. The number of rotatable bonds is 10. The van der Waals surface area contributed by atoms with E-state index >= 15 is 0 Å². The Bertz CT molecular complexity index is 835. The van der Waals surface area contributed by atoms with Gasteiger partial charge in [0.1, 0.15) is 0 Å². The summed E-state index contributed by atoms with van der Waals surface area (Å²) in [5.41, 5.74) is 0.938. The molecule has 142 valence electrons. The van der Waals surface area contributed by atoms with Crippen LogP contribution in [0.1, 0.15) is 37.7 Å². The molecule has 1 aromatic carbocycles. The van der Waals surface area contributed by atoms with E-state index < -0.39 is 10.0 Å².